The van der Waals surface area contributed by atoms with Crippen molar-refractivity contribution in [3.05, 3.63) is 62.0 Å². The zero-order valence-corrected chi connectivity index (χ0v) is 13.2. The van der Waals surface area contributed by atoms with E-state index in [0.29, 0.717) is 21.6 Å². The summed E-state index contributed by atoms with van der Waals surface area (Å²) >= 11 is 3.27. The number of rotatable bonds is 2. The Kier molecular flexibility index (Phi) is 4.09. The van der Waals surface area contributed by atoms with Crippen LogP contribution >= 0.6 is 15.9 Å². The van der Waals surface area contributed by atoms with Crippen LogP contribution in [0.5, 0.6) is 0 Å². The molecule has 0 aliphatic heterocycles. The van der Waals surface area contributed by atoms with E-state index in [1.165, 1.54) is 6.07 Å². The standard InChI is InChI=1S/C15H16BrFN2O/c1-15(2,3)13-12(16)14(20)19-11(18-13)8-9-6-4-5-7-10(9)17/h4-7H,8H2,1-3H3,(H,18,19,20). The van der Waals surface area contributed by atoms with Crippen LogP contribution in [0.4, 0.5) is 4.39 Å². The van der Waals surface area contributed by atoms with Gasteiger partial charge in [-0.15, -0.1) is 0 Å². The van der Waals surface area contributed by atoms with Crippen molar-refractivity contribution in [3.63, 3.8) is 0 Å². The largest absolute Gasteiger partial charge is 0.309 e. The van der Waals surface area contributed by atoms with Crippen LogP contribution in [0.1, 0.15) is 37.9 Å². The first-order valence-corrected chi connectivity index (χ1v) is 7.11. The maximum atomic E-state index is 13.7. The number of hydrogen-bond donors (Lipinski definition) is 1. The molecule has 20 heavy (non-hydrogen) atoms. The number of halogens is 2. The Hall–Kier alpha value is -1.49. The van der Waals surface area contributed by atoms with E-state index in [1.54, 1.807) is 18.2 Å². The van der Waals surface area contributed by atoms with Crippen LogP contribution in [0.3, 0.4) is 0 Å². The lowest BCUT2D eigenvalue weighted by Gasteiger charge is -2.19. The molecule has 3 nitrogen and oxygen atoms in total. The summed E-state index contributed by atoms with van der Waals surface area (Å²) in [7, 11) is 0. The minimum absolute atomic E-state index is 0.240. The van der Waals surface area contributed by atoms with Crippen molar-refractivity contribution in [2.45, 2.75) is 32.6 Å². The second-order valence-corrected chi connectivity index (χ2v) is 6.49. The molecule has 0 aliphatic rings. The number of aromatic amines is 1. The van der Waals surface area contributed by atoms with E-state index in [2.05, 4.69) is 25.9 Å². The molecule has 1 heterocycles. The van der Waals surface area contributed by atoms with Crippen molar-refractivity contribution in [2.24, 2.45) is 0 Å². The molecule has 0 atom stereocenters. The fourth-order valence-electron chi connectivity index (χ4n) is 1.91. The highest BCUT2D eigenvalue weighted by Gasteiger charge is 2.22. The predicted molar refractivity (Wildman–Crippen MR) is 80.5 cm³/mol. The molecule has 1 N–H and O–H groups in total. The lowest BCUT2D eigenvalue weighted by Crippen LogP contribution is -2.23. The first kappa shape index (κ1) is 14.9. The molecule has 0 saturated carbocycles. The van der Waals surface area contributed by atoms with Gasteiger partial charge >= 0.3 is 0 Å². The van der Waals surface area contributed by atoms with Crippen LogP contribution in [0.25, 0.3) is 0 Å². The highest BCUT2D eigenvalue weighted by atomic mass is 79.9. The summed E-state index contributed by atoms with van der Waals surface area (Å²) in [6.45, 7) is 5.94. The van der Waals surface area contributed by atoms with Crippen molar-refractivity contribution < 1.29 is 4.39 Å². The molecule has 0 bridgehead atoms. The van der Waals surface area contributed by atoms with Gasteiger partial charge in [0.2, 0.25) is 0 Å². The highest BCUT2D eigenvalue weighted by Crippen LogP contribution is 2.25. The molecule has 0 spiro atoms. The number of benzene rings is 1. The summed E-state index contributed by atoms with van der Waals surface area (Å²) in [5.41, 5.74) is 0.679. The van der Waals surface area contributed by atoms with Gasteiger partial charge in [0.25, 0.3) is 5.56 Å². The number of aromatic nitrogens is 2. The fraction of sp³-hybridized carbons (Fsp3) is 0.333. The Bertz CT molecular complexity index is 689. The van der Waals surface area contributed by atoms with Gasteiger partial charge in [-0.1, -0.05) is 39.0 Å². The molecule has 0 saturated heterocycles. The molecule has 1 aromatic heterocycles. The third-order valence-corrected chi connectivity index (χ3v) is 3.67. The average Bonchev–Trinajstić information content (AvgIpc) is 2.35. The SMILES string of the molecule is CC(C)(C)c1nc(Cc2ccccc2F)[nH]c(=O)c1Br. The highest BCUT2D eigenvalue weighted by molar-refractivity contribution is 9.10. The first-order chi connectivity index (χ1) is 9.29. The Balaban J connectivity index is 2.47. The molecular weight excluding hydrogens is 323 g/mol. The fourth-order valence-corrected chi connectivity index (χ4v) is 2.69. The maximum absolute atomic E-state index is 13.7. The Labute approximate surface area is 125 Å². The number of H-pyrrole nitrogens is 1. The zero-order chi connectivity index (χ0) is 14.9. The van der Waals surface area contributed by atoms with Crippen LogP contribution in [-0.2, 0) is 11.8 Å². The lowest BCUT2D eigenvalue weighted by atomic mass is 9.92. The van der Waals surface area contributed by atoms with Crippen LogP contribution in [0, 0.1) is 5.82 Å². The smallest absolute Gasteiger partial charge is 0.265 e. The van der Waals surface area contributed by atoms with Crippen molar-refractivity contribution in [1.82, 2.24) is 9.97 Å². The quantitative estimate of drug-likeness (QED) is 0.909. The summed E-state index contributed by atoms with van der Waals surface area (Å²) in [6, 6.07) is 6.49. The van der Waals surface area contributed by atoms with Gasteiger partial charge in [-0.25, -0.2) is 9.37 Å². The zero-order valence-electron chi connectivity index (χ0n) is 11.6. The second-order valence-electron chi connectivity index (χ2n) is 5.69. The third-order valence-electron chi connectivity index (χ3n) is 2.94. The number of nitrogens with one attached hydrogen (secondary N) is 1. The number of hydrogen-bond acceptors (Lipinski definition) is 2. The summed E-state index contributed by atoms with van der Waals surface area (Å²) in [5.74, 6) is 0.170. The molecule has 2 rings (SSSR count). The van der Waals surface area contributed by atoms with Crippen molar-refractivity contribution in [3.8, 4) is 0 Å². The Morgan fingerprint density at radius 1 is 1.30 bits per heavy atom. The van der Waals surface area contributed by atoms with Gasteiger partial charge < -0.3 is 4.98 Å². The van der Waals surface area contributed by atoms with Gasteiger partial charge in [0.15, 0.2) is 0 Å². The van der Waals surface area contributed by atoms with Crippen LogP contribution in [0.15, 0.2) is 33.5 Å². The molecule has 0 aliphatic carbocycles. The van der Waals surface area contributed by atoms with Crippen LogP contribution in [0.2, 0.25) is 0 Å². The van der Waals surface area contributed by atoms with Gasteiger partial charge in [0.1, 0.15) is 16.1 Å². The van der Waals surface area contributed by atoms with Gasteiger partial charge in [0.05, 0.1) is 5.69 Å². The van der Waals surface area contributed by atoms with Crippen LogP contribution in [-0.4, -0.2) is 9.97 Å². The number of nitrogens with zero attached hydrogens (tertiary/aromatic N) is 1. The summed E-state index contributed by atoms with van der Waals surface area (Å²) in [6.07, 6.45) is 0.262. The molecule has 2 aromatic rings. The van der Waals surface area contributed by atoms with E-state index in [0.717, 1.165) is 0 Å². The van der Waals surface area contributed by atoms with E-state index >= 15 is 0 Å². The van der Waals surface area contributed by atoms with E-state index in [-0.39, 0.29) is 23.2 Å². The lowest BCUT2D eigenvalue weighted by molar-refractivity contribution is 0.556. The summed E-state index contributed by atoms with van der Waals surface area (Å²) < 4.78 is 14.1. The third kappa shape index (κ3) is 3.15. The van der Waals surface area contributed by atoms with Crippen molar-refractivity contribution in [1.29, 1.82) is 0 Å². The van der Waals surface area contributed by atoms with E-state index in [4.69, 9.17) is 0 Å². The minimum Gasteiger partial charge on any atom is -0.309 e. The first-order valence-electron chi connectivity index (χ1n) is 6.31. The normalized spacial score (nSPS) is 11.7. The van der Waals surface area contributed by atoms with Crippen LogP contribution < -0.4 is 5.56 Å². The van der Waals surface area contributed by atoms with Crippen molar-refractivity contribution in [2.75, 3.05) is 0 Å². The summed E-state index contributed by atoms with van der Waals surface area (Å²) in [4.78, 5) is 19.1. The summed E-state index contributed by atoms with van der Waals surface area (Å²) in [5, 5.41) is 0. The second kappa shape index (κ2) is 5.48. The molecule has 0 fully saturated rings. The van der Waals surface area contributed by atoms with E-state index in [9.17, 15) is 9.18 Å². The molecule has 0 radical (unpaired) electrons. The Morgan fingerprint density at radius 3 is 2.55 bits per heavy atom. The molecule has 1 aromatic carbocycles. The van der Waals surface area contributed by atoms with Gasteiger partial charge in [-0.05, 0) is 27.6 Å². The predicted octanol–water partition coefficient (Wildman–Crippen LogP) is 3.56. The topological polar surface area (TPSA) is 45.8 Å². The molecule has 0 amide bonds. The van der Waals surface area contributed by atoms with Gasteiger partial charge in [0, 0.05) is 11.8 Å². The minimum atomic E-state index is -0.296. The molecule has 106 valence electrons. The van der Waals surface area contributed by atoms with E-state index < -0.39 is 0 Å². The Morgan fingerprint density at radius 2 is 1.95 bits per heavy atom. The van der Waals surface area contributed by atoms with Gasteiger partial charge in [-0.2, -0.15) is 0 Å². The average molecular weight is 339 g/mol. The molecular formula is C15H16BrFN2O. The van der Waals surface area contributed by atoms with Gasteiger partial charge in [-0.3, -0.25) is 4.79 Å². The maximum Gasteiger partial charge on any atom is 0.265 e. The van der Waals surface area contributed by atoms with Crippen molar-refractivity contribution >= 4 is 15.9 Å². The molecule has 5 heteroatoms. The monoisotopic (exact) mass is 338 g/mol. The van der Waals surface area contributed by atoms with E-state index in [1.807, 2.05) is 20.8 Å². The molecule has 0 unspecified atom stereocenters.